The fourth-order valence-corrected chi connectivity index (χ4v) is 2.38. The van der Waals surface area contributed by atoms with Gasteiger partial charge in [-0.2, -0.15) is 0 Å². The van der Waals surface area contributed by atoms with E-state index in [1.807, 2.05) is 0 Å². The molecular weight excluding hydrogens is 296 g/mol. The van der Waals surface area contributed by atoms with Crippen LogP contribution in [-0.2, 0) is 6.61 Å². The number of nitrogens with one attached hydrogen (secondary N) is 1. The number of aromatic nitrogens is 1. The Labute approximate surface area is 118 Å². The van der Waals surface area contributed by atoms with Crippen LogP contribution in [0.4, 0.5) is 0 Å². The third kappa shape index (κ3) is 2.40. The molecule has 1 aromatic heterocycles. The zero-order valence-electron chi connectivity index (χ0n) is 9.01. The lowest BCUT2D eigenvalue weighted by Gasteiger charge is -2.11. The van der Waals surface area contributed by atoms with Crippen LogP contribution in [0.15, 0.2) is 29.1 Å². The van der Waals surface area contributed by atoms with Crippen molar-refractivity contribution in [3.63, 3.8) is 0 Å². The van der Waals surface area contributed by atoms with Gasteiger partial charge in [-0.05, 0) is 18.2 Å². The second kappa shape index (κ2) is 5.33. The molecule has 0 atom stereocenters. The summed E-state index contributed by atoms with van der Waals surface area (Å²) in [6, 6.07) is 6.08. The summed E-state index contributed by atoms with van der Waals surface area (Å²) < 4.78 is 0. The minimum absolute atomic E-state index is 0.283. The number of rotatable bonds is 2. The molecule has 0 aliphatic carbocycles. The van der Waals surface area contributed by atoms with Crippen LogP contribution in [0.1, 0.15) is 5.69 Å². The minimum atomic E-state index is -0.329. The van der Waals surface area contributed by atoms with Gasteiger partial charge in [0.15, 0.2) is 0 Å². The molecule has 0 aliphatic rings. The molecule has 0 spiro atoms. The minimum Gasteiger partial charge on any atom is -0.390 e. The fourth-order valence-electron chi connectivity index (χ4n) is 1.65. The highest BCUT2D eigenvalue weighted by Gasteiger charge is 2.15. The average molecular weight is 305 g/mol. The summed E-state index contributed by atoms with van der Waals surface area (Å²) in [5.74, 6) is 0. The van der Waals surface area contributed by atoms with E-state index in [4.69, 9.17) is 34.8 Å². The molecule has 0 bridgehead atoms. The second-order valence-electron chi connectivity index (χ2n) is 3.59. The molecule has 0 radical (unpaired) electrons. The number of aliphatic hydroxyl groups is 1. The van der Waals surface area contributed by atoms with Crippen LogP contribution < -0.4 is 5.56 Å². The summed E-state index contributed by atoms with van der Waals surface area (Å²) >= 11 is 18.1. The zero-order valence-corrected chi connectivity index (χ0v) is 11.3. The maximum Gasteiger partial charge on any atom is 0.248 e. The first kappa shape index (κ1) is 13.4. The Morgan fingerprint density at radius 3 is 2.39 bits per heavy atom. The molecule has 18 heavy (non-hydrogen) atoms. The van der Waals surface area contributed by atoms with Gasteiger partial charge in [0.25, 0.3) is 0 Å². The molecule has 0 unspecified atom stereocenters. The molecule has 0 saturated carbocycles. The predicted molar refractivity (Wildman–Crippen MR) is 73.5 cm³/mol. The normalized spacial score (nSPS) is 10.7. The molecule has 1 heterocycles. The summed E-state index contributed by atoms with van der Waals surface area (Å²) in [6.07, 6.45) is 0. The van der Waals surface area contributed by atoms with E-state index >= 15 is 0 Å². The SMILES string of the molecule is O=c1ccc(-c2c(Cl)ccc(Cl)c2Cl)c(CO)[nH]1. The van der Waals surface area contributed by atoms with Crippen LogP contribution >= 0.6 is 34.8 Å². The van der Waals surface area contributed by atoms with Crippen LogP contribution in [-0.4, -0.2) is 10.1 Å². The molecule has 0 amide bonds. The lowest BCUT2D eigenvalue weighted by molar-refractivity contribution is 0.277. The molecule has 2 N–H and O–H groups in total. The van der Waals surface area contributed by atoms with Gasteiger partial charge >= 0.3 is 0 Å². The highest BCUT2D eigenvalue weighted by molar-refractivity contribution is 6.46. The van der Waals surface area contributed by atoms with E-state index in [1.165, 1.54) is 6.07 Å². The molecular formula is C12H8Cl3NO2. The largest absolute Gasteiger partial charge is 0.390 e. The standard InChI is InChI=1S/C12H8Cl3NO2/c13-7-2-3-8(14)12(15)11(7)6-1-4-10(18)16-9(6)5-17/h1-4,17H,5H2,(H,16,18). The zero-order chi connectivity index (χ0) is 13.3. The van der Waals surface area contributed by atoms with E-state index in [0.717, 1.165) is 0 Å². The van der Waals surface area contributed by atoms with Gasteiger partial charge in [-0.3, -0.25) is 4.79 Å². The van der Waals surface area contributed by atoms with Crippen molar-refractivity contribution >= 4 is 34.8 Å². The highest BCUT2D eigenvalue weighted by atomic mass is 35.5. The number of aliphatic hydroxyl groups excluding tert-OH is 1. The van der Waals surface area contributed by atoms with Crippen LogP contribution in [0.25, 0.3) is 11.1 Å². The van der Waals surface area contributed by atoms with E-state index in [0.29, 0.717) is 26.9 Å². The first-order valence-electron chi connectivity index (χ1n) is 5.01. The summed E-state index contributed by atoms with van der Waals surface area (Å²) in [6.45, 7) is -0.329. The van der Waals surface area contributed by atoms with Gasteiger partial charge in [-0.1, -0.05) is 34.8 Å². The van der Waals surface area contributed by atoms with Gasteiger partial charge in [-0.15, -0.1) is 0 Å². The second-order valence-corrected chi connectivity index (χ2v) is 4.78. The van der Waals surface area contributed by atoms with E-state index in [1.54, 1.807) is 18.2 Å². The van der Waals surface area contributed by atoms with Crippen molar-refractivity contribution in [1.29, 1.82) is 0 Å². The van der Waals surface area contributed by atoms with Crippen LogP contribution in [0, 0.1) is 0 Å². The monoisotopic (exact) mass is 303 g/mol. The third-order valence-electron chi connectivity index (χ3n) is 2.47. The van der Waals surface area contributed by atoms with Crippen molar-refractivity contribution in [2.24, 2.45) is 0 Å². The molecule has 0 aliphatic heterocycles. The molecule has 0 saturated heterocycles. The Bertz CT molecular complexity index is 652. The molecule has 1 aromatic carbocycles. The van der Waals surface area contributed by atoms with E-state index < -0.39 is 0 Å². The molecule has 0 fully saturated rings. The van der Waals surface area contributed by atoms with E-state index in [2.05, 4.69) is 4.98 Å². The molecule has 6 heteroatoms. The Morgan fingerprint density at radius 2 is 1.72 bits per heavy atom. The molecule has 2 rings (SSSR count). The lowest BCUT2D eigenvalue weighted by Crippen LogP contribution is -2.08. The topological polar surface area (TPSA) is 53.1 Å². The predicted octanol–water partition coefficient (Wildman–Crippen LogP) is 3.49. The van der Waals surface area contributed by atoms with E-state index in [9.17, 15) is 9.90 Å². The van der Waals surface area contributed by atoms with Crippen LogP contribution in [0.2, 0.25) is 15.1 Å². The quantitative estimate of drug-likeness (QED) is 0.834. The maximum atomic E-state index is 11.2. The smallest absolute Gasteiger partial charge is 0.248 e. The van der Waals surface area contributed by atoms with E-state index in [-0.39, 0.29) is 17.2 Å². The maximum absolute atomic E-state index is 11.2. The Hall–Kier alpha value is -1.00. The fraction of sp³-hybridized carbons (Fsp3) is 0.0833. The highest BCUT2D eigenvalue weighted by Crippen LogP contribution is 2.39. The number of aromatic amines is 1. The molecule has 2 aromatic rings. The third-order valence-corrected chi connectivity index (χ3v) is 3.59. The summed E-state index contributed by atoms with van der Waals surface area (Å²) in [5.41, 5.74) is 1.08. The van der Waals surface area contributed by atoms with Gasteiger partial charge in [-0.25, -0.2) is 0 Å². The number of benzene rings is 1. The van der Waals surface area contributed by atoms with Gasteiger partial charge in [0, 0.05) is 17.2 Å². The number of halogens is 3. The Balaban J connectivity index is 2.77. The van der Waals surface area contributed by atoms with Crippen LogP contribution in [0.5, 0.6) is 0 Å². The van der Waals surface area contributed by atoms with Gasteiger partial charge in [0.1, 0.15) is 0 Å². The Kier molecular flexibility index (Phi) is 3.97. The van der Waals surface area contributed by atoms with Crippen molar-refractivity contribution in [1.82, 2.24) is 4.98 Å². The first-order valence-corrected chi connectivity index (χ1v) is 6.15. The van der Waals surface area contributed by atoms with Gasteiger partial charge in [0.2, 0.25) is 5.56 Å². The van der Waals surface area contributed by atoms with Crippen molar-refractivity contribution in [3.8, 4) is 11.1 Å². The van der Waals surface area contributed by atoms with Crippen molar-refractivity contribution < 1.29 is 5.11 Å². The number of pyridine rings is 1. The molecule has 94 valence electrons. The first-order chi connectivity index (χ1) is 8.54. The van der Waals surface area contributed by atoms with Crippen molar-refractivity contribution in [3.05, 3.63) is 55.4 Å². The number of H-pyrrole nitrogens is 1. The van der Waals surface area contributed by atoms with Gasteiger partial charge in [0.05, 0.1) is 27.4 Å². The average Bonchev–Trinajstić information content (AvgIpc) is 2.36. The number of hydrogen-bond acceptors (Lipinski definition) is 2. The summed E-state index contributed by atoms with van der Waals surface area (Å²) in [5, 5.41) is 10.3. The lowest BCUT2D eigenvalue weighted by atomic mass is 10.0. The Morgan fingerprint density at radius 1 is 1.06 bits per heavy atom. The summed E-state index contributed by atoms with van der Waals surface area (Å²) in [7, 11) is 0. The van der Waals surface area contributed by atoms with Crippen molar-refractivity contribution in [2.45, 2.75) is 6.61 Å². The summed E-state index contributed by atoms with van der Waals surface area (Å²) in [4.78, 5) is 13.7. The van der Waals surface area contributed by atoms with Crippen molar-refractivity contribution in [2.75, 3.05) is 0 Å². The molecule has 3 nitrogen and oxygen atoms in total. The van der Waals surface area contributed by atoms with Crippen LogP contribution in [0.3, 0.4) is 0 Å². The number of hydrogen-bond donors (Lipinski definition) is 2. The van der Waals surface area contributed by atoms with Gasteiger partial charge < -0.3 is 10.1 Å².